The Morgan fingerprint density at radius 1 is 0.654 bits per heavy atom. The highest BCUT2D eigenvalue weighted by molar-refractivity contribution is 5.46. The van der Waals surface area contributed by atoms with Crippen molar-refractivity contribution in [2.75, 3.05) is 0 Å². The first-order chi connectivity index (χ1) is 12.7. The maximum Gasteiger partial charge on any atom is -0.0263 e. The minimum atomic E-state index is 1.08. The van der Waals surface area contributed by atoms with E-state index in [4.69, 9.17) is 0 Å². The lowest BCUT2D eigenvalue weighted by molar-refractivity contribution is 0.816. The molecule has 0 radical (unpaired) electrons. The quantitative estimate of drug-likeness (QED) is 0.362. The fourth-order valence-electron chi connectivity index (χ4n) is 1.53. The predicted octanol–water partition coefficient (Wildman–Crippen LogP) is 8.60. The van der Waals surface area contributed by atoms with E-state index in [2.05, 4.69) is 40.2 Å². The minimum absolute atomic E-state index is 1.08. The third-order valence-corrected chi connectivity index (χ3v) is 3.12. The second-order valence-corrected chi connectivity index (χ2v) is 5.36. The molecule has 26 heavy (non-hydrogen) atoms. The van der Waals surface area contributed by atoms with Gasteiger partial charge in [-0.05, 0) is 24.0 Å². The number of unbranched alkanes of at least 4 members (excludes halogenated alkanes) is 2. The summed E-state index contributed by atoms with van der Waals surface area (Å²) in [7, 11) is 0. The lowest BCUT2D eigenvalue weighted by Gasteiger charge is -1.85. The Morgan fingerprint density at radius 3 is 1.19 bits per heavy atom. The van der Waals surface area contributed by atoms with Gasteiger partial charge in [0.1, 0.15) is 0 Å². The summed E-state index contributed by atoms with van der Waals surface area (Å²) in [6.07, 6.45) is 12.3. The molecule has 2 rings (SSSR count). The van der Waals surface area contributed by atoms with Crippen molar-refractivity contribution in [3.63, 3.8) is 0 Å². The topological polar surface area (TPSA) is 0 Å². The van der Waals surface area contributed by atoms with E-state index in [1.54, 1.807) is 0 Å². The summed E-state index contributed by atoms with van der Waals surface area (Å²) in [4.78, 5) is 0. The van der Waals surface area contributed by atoms with Crippen molar-refractivity contribution in [1.82, 2.24) is 0 Å². The third-order valence-electron chi connectivity index (χ3n) is 3.12. The number of hydrogen-bond acceptors (Lipinski definition) is 0. The fourth-order valence-corrected chi connectivity index (χ4v) is 1.53. The zero-order chi connectivity index (χ0) is 19.9. The molecule has 0 saturated carbocycles. The van der Waals surface area contributed by atoms with Crippen LogP contribution in [0.5, 0.6) is 0 Å². The molecule has 2 aromatic rings. The van der Waals surface area contributed by atoms with Crippen LogP contribution in [-0.2, 0) is 0 Å². The average Bonchev–Trinajstić information content (AvgIpc) is 2.74. The van der Waals surface area contributed by atoms with E-state index >= 15 is 0 Å². The number of hydrogen-bond donors (Lipinski definition) is 0. The molecule has 0 aliphatic heterocycles. The van der Waals surface area contributed by atoms with Crippen molar-refractivity contribution in [2.45, 2.75) is 39.5 Å². The molecule has 0 aromatic heterocycles. The predicted molar refractivity (Wildman–Crippen MR) is 123 cm³/mol. The molecular formula is C26H36. The fraction of sp³-hybridized carbons (Fsp3) is 0.231. The van der Waals surface area contributed by atoms with Crippen LogP contribution in [-0.4, -0.2) is 0 Å². The minimum Gasteiger partial charge on any atom is -0.103 e. The molecule has 0 N–H and O–H groups in total. The SMILES string of the molecule is C=CCC.C=CCCCC.C=Cc1ccccc1.C=Cc1ccccc1. The van der Waals surface area contributed by atoms with Crippen LogP contribution >= 0.6 is 0 Å². The van der Waals surface area contributed by atoms with E-state index in [9.17, 15) is 0 Å². The van der Waals surface area contributed by atoms with Crippen molar-refractivity contribution in [3.8, 4) is 0 Å². The third kappa shape index (κ3) is 19.4. The van der Waals surface area contributed by atoms with Gasteiger partial charge in [0.15, 0.2) is 0 Å². The molecule has 0 nitrogen and oxygen atoms in total. The highest BCUT2D eigenvalue weighted by Crippen LogP contribution is 1.98. The molecule has 0 heterocycles. The zero-order valence-corrected chi connectivity index (χ0v) is 16.7. The summed E-state index contributed by atoms with van der Waals surface area (Å²) in [5, 5.41) is 0. The van der Waals surface area contributed by atoms with Gasteiger partial charge >= 0.3 is 0 Å². The molecule has 0 aliphatic rings. The summed E-state index contributed by atoms with van der Waals surface area (Å²) >= 11 is 0. The molecule has 0 atom stereocenters. The Bertz CT molecular complexity index is 506. The monoisotopic (exact) mass is 348 g/mol. The lowest BCUT2D eigenvalue weighted by atomic mass is 10.2. The first-order valence-corrected chi connectivity index (χ1v) is 9.26. The van der Waals surface area contributed by atoms with Gasteiger partial charge < -0.3 is 0 Å². The van der Waals surface area contributed by atoms with Crippen LogP contribution in [0, 0.1) is 0 Å². The molecule has 140 valence electrons. The Hall–Kier alpha value is -2.60. The maximum atomic E-state index is 3.63. The molecule has 0 aliphatic carbocycles. The van der Waals surface area contributed by atoms with E-state index < -0.39 is 0 Å². The smallest absolute Gasteiger partial charge is 0.0263 e. The van der Waals surface area contributed by atoms with Crippen LogP contribution in [0.3, 0.4) is 0 Å². The summed E-state index contributed by atoms with van der Waals surface area (Å²) in [5.74, 6) is 0. The Morgan fingerprint density at radius 2 is 1.04 bits per heavy atom. The first-order valence-electron chi connectivity index (χ1n) is 9.26. The van der Waals surface area contributed by atoms with Crippen LogP contribution in [0.4, 0.5) is 0 Å². The van der Waals surface area contributed by atoms with Gasteiger partial charge in [-0.1, -0.05) is 125 Å². The van der Waals surface area contributed by atoms with Crippen LogP contribution in [0.1, 0.15) is 50.7 Å². The molecule has 0 unspecified atom stereocenters. The molecule has 0 fully saturated rings. The molecule has 0 saturated heterocycles. The van der Waals surface area contributed by atoms with E-state index in [-0.39, 0.29) is 0 Å². The molecular weight excluding hydrogens is 312 g/mol. The van der Waals surface area contributed by atoms with Gasteiger partial charge in [0.25, 0.3) is 0 Å². The highest BCUT2D eigenvalue weighted by atomic mass is 13.8. The second-order valence-electron chi connectivity index (χ2n) is 5.36. The van der Waals surface area contributed by atoms with Crippen LogP contribution in [0.15, 0.2) is 99.1 Å². The van der Waals surface area contributed by atoms with Gasteiger partial charge in [0, 0.05) is 0 Å². The maximum absolute atomic E-state index is 3.63. The molecule has 0 amide bonds. The van der Waals surface area contributed by atoms with Crippen molar-refractivity contribution in [1.29, 1.82) is 0 Å². The highest BCUT2D eigenvalue weighted by Gasteiger charge is 1.76. The van der Waals surface area contributed by atoms with Gasteiger partial charge in [-0.15, -0.1) is 13.2 Å². The van der Waals surface area contributed by atoms with E-state index in [0.717, 1.165) is 6.42 Å². The normalized spacial score (nSPS) is 8.08. The van der Waals surface area contributed by atoms with Gasteiger partial charge in [-0.25, -0.2) is 0 Å². The largest absolute Gasteiger partial charge is 0.103 e. The van der Waals surface area contributed by atoms with Crippen LogP contribution < -0.4 is 0 Å². The summed E-state index contributed by atoms with van der Waals surface area (Å²) in [5.41, 5.74) is 2.35. The van der Waals surface area contributed by atoms with Crippen molar-refractivity contribution >= 4 is 12.2 Å². The molecule has 2 aromatic carbocycles. The van der Waals surface area contributed by atoms with Crippen molar-refractivity contribution in [3.05, 3.63) is 110 Å². The summed E-state index contributed by atoms with van der Waals surface area (Å²) in [6, 6.07) is 20.1. The summed E-state index contributed by atoms with van der Waals surface area (Å²) < 4.78 is 0. The van der Waals surface area contributed by atoms with E-state index in [1.165, 1.54) is 30.4 Å². The van der Waals surface area contributed by atoms with Crippen molar-refractivity contribution in [2.24, 2.45) is 0 Å². The standard InChI is InChI=1S/2C8H8.C6H12.C4H8/c2*1-2-8-6-4-3-5-7-8;1-3-5-6-4-2;1-3-4-2/h2*2-7H,1H2;3H,1,4-6H2,2H3;3H,1,4H2,2H3. The number of benzene rings is 2. The van der Waals surface area contributed by atoms with Gasteiger partial charge in [0.2, 0.25) is 0 Å². The second kappa shape index (κ2) is 22.4. The molecule has 0 heteroatoms. The molecule has 0 bridgehead atoms. The van der Waals surface area contributed by atoms with Gasteiger partial charge in [0.05, 0.1) is 0 Å². The van der Waals surface area contributed by atoms with Crippen LogP contribution in [0.25, 0.3) is 12.2 Å². The van der Waals surface area contributed by atoms with Crippen LogP contribution in [0.2, 0.25) is 0 Å². The summed E-state index contributed by atoms with van der Waals surface area (Å²) in [6.45, 7) is 18.6. The van der Waals surface area contributed by atoms with Crippen molar-refractivity contribution < 1.29 is 0 Å². The number of allylic oxidation sites excluding steroid dienone is 2. The Labute approximate surface area is 162 Å². The van der Waals surface area contributed by atoms with E-state index in [0.29, 0.717) is 0 Å². The van der Waals surface area contributed by atoms with Gasteiger partial charge in [-0.3, -0.25) is 0 Å². The number of rotatable bonds is 6. The zero-order valence-electron chi connectivity index (χ0n) is 16.7. The average molecular weight is 349 g/mol. The first kappa shape index (κ1) is 25.6. The molecule has 0 spiro atoms. The Kier molecular flexibility index (Phi) is 22.1. The lowest BCUT2D eigenvalue weighted by Crippen LogP contribution is -1.63. The van der Waals surface area contributed by atoms with Gasteiger partial charge in [-0.2, -0.15) is 0 Å². The Balaban J connectivity index is 0. The van der Waals surface area contributed by atoms with E-state index in [1.807, 2.05) is 85.0 Å².